The van der Waals surface area contributed by atoms with Gasteiger partial charge in [0.15, 0.2) is 11.5 Å². The molecule has 24 heavy (non-hydrogen) atoms. The highest BCUT2D eigenvalue weighted by molar-refractivity contribution is 5.91. The predicted molar refractivity (Wildman–Crippen MR) is 92.0 cm³/mol. The molecule has 0 bridgehead atoms. The first-order valence-corrected chi connectivity index (χ1v) is 8.07. The van der Waals surface area contributed by atoms with Crippen molar-refractivity contribution in [2.24, 2.45) is 0 Å². The van der Waals surface area contributed by atoms with E-state index in [9.17, 15) is 4.79 Å². The monoisotopic (exact) mass is 327 g/mol. The average Bonchev–Trinajstić information content (AvgIpc) is 2.85. The summed E-state index contributed by atoms with van der Waals surface area (Å²) < 4.78 is 16.3. The van der Waals surface area contributed by atoms with Crippen molar-refractivity contribution in [3.63, 3.8) is 0 Å². The maximum Gasteiger partial charge on any atom is 0.224 e. The molecular weight excluding hydrogens is 306 g/mol. The van der Waals surface area contributed by atoms with Crippen molar-refractivity contribution in [2.75, 3.05) is 25.6 Å². The summed E-state index contributed by atoms with van der Waals surface area (Å²) >= 11 is 0. The molecule has 1 amide bonds. The second-order valence-corrected chi connectivity index (χ2v) is 5.61. The molecule has 1 heterocycles. The maximum absolute atomic E-state index is 12.1. The zero-order valence-electron chi connectivity index (χ0n) is 13.7. The van der Waals surface area contributed by atoms with Gasteiger partial charge in [-0.15, -0.1) is 0 Å². The number of carbonyl (C=O) groups is 1. The average molecular weight is 327 g/mol. The van der Waals surface area contributed by atoms with Gasteiger partial charge in [0.05, 0.1) is 20.3 Å². The molecule has 126 valence electrons. The number of nitrogens with one attached hydrogen (secondary N) is 1. The highest BCUT2D eigenvalue weighted by Gasteiger charge is 2.12. The van der Waals surface area contributed by atoms with E-state index >= 15 is 0 Å². The first-order valence-electron chi connectivity index (χ1n) is 8.07. The van der Waals surface area contributed by atoms with E-state index in [0.29, 0.717) is 31.8 Å². The molecule has 1 N–H and O–H groups in total. The number of ether oxygens (including phenoxy) is 3. The van der Waals surface area contributed by atoms with Crippen molar-refractivity contribution >= 4 is 11.6 Å². The summed E-state index contributed by atoms with van der Waals surface area (Å²) in [6.07, 6.45) is 1.96. The number of hydrogen-bond donors (Lipinski definition) is 1. The molecule has 2 aromatic rings. The van der Waals surface area contributed by atoms with Gasteiger partial charge in [-0.1, -0.05) is 12.1 Å². The van der Waals surface area contributed by atoms with Crippen LogP contribution in [0.15, 0.2) is 42.5 Å². The van der Waals surface area contributed by atoms with E-state index in [1.807, 2.05) is 42.5 Å². The van der Waals surface area contributed by atoms with E-state index in [4.69, 9.17) is 14.2 Å². The third-order valence-corrected chi connectivity index (χ3v) is 3.83. The molecule has 0 fully saturated rings. The maximum atomic E-state index is 12.1. The molecule has 5 nitrogen and oxygen atoms in total. The van der Waals surface area contributed by atoms with E-state index in [-0.39, 0.29) is 5.91 Å². The zero-order chi connectivity index (χ0) is 16.8. The summed E-state index contributed by atoms with van der Waals surface area (Å²) in [4.78, 5) is 12.1. The SMILES string of the molecule is COc1ccc(CCC(=O)Nc2ccc3c(c2)OCCCO3)cc1. The molecule has 2 aromatic carbocycles. The molecule has 1 aliphatic rings. The van der Waals surface area contributed by atoms with Crippen LogP contribution in [0.3, 0.4) is 0 Å². The first kappa shape index (κ1) is 16.2. The van der Waals surface area contributed by atoms with Crippen molar-refractivity contribution in [1.29, 1.82) is 0 Å². The molecule has 0 aliphatic carbocycles. The van der Waals surface area contributed by atoms with Crippen molar-refractivity contribution < 1.29 is 19.0 Å². The van der Waals surface area contributed by atoms with Gasteiger partial charge >= 0.3 is 0 Å². The van der Waals surface area contributed by atoms with Crippen LogP contribution in [0.2, 0.25) is 0 Å². The Balaban J connectivity index is 1.55. The molecule has 0 radical (unpaired) electrons. The molecule has 0 saturated carbocycles. The van der Waals surface area contributed by atoms with Crippen LogP contribution in [0.1, 0.15) is 18.4 Å². The van der Waals surface area contributed by atoms with Crippen LogP contribution in [0.4, 0.5) is 5.69 Å². The summed E-state index contributed by atoms with van der Waals surface area (Å²) in [5.41, 5.74) is 1.82. The number of hydrogen-bond acceptors (Lipinski definition) is 4. The minimum Gasteiger partial charge on any atom is -0.497 e. The van der Waals surface area contributed by atoms with Crippen LogP contribution in [0.5, 0.6) is 17.2 Å². The fourth-order valence-corrected chi connectivity index (χ4v) is 2.51. The second-order valence-electron chi connectivity index (χ2n) is 5.61. The number of amides is 1. The Morgan fingerprint density at radius 1 is 1.08 bits per heavy atom. The highest BCUT2D eigenvalue weighted by atomic mass is 16.5. The normalized spacial score (nSPS) is 13.0. The van der Waals surface area contributed by atoms with Crippen LogP contribution < -0.4 is 19.5 Å². The Kier molecular flexibility index (Phi) is 5.21. The fraction of sp³-hybridized carbons (Fsp3) is 0.316. The number of carbonyl (C=O) groups excluding carboxylic acids is 1. The lowest BCUT2D eigenvalue weighted by Gasteiger charge is -2.10. The van der Waals surface area contributed by atoms with Gasteiger partial charge in [0.1, 0.15) is 5.75 Å². The lowest BCUT2D eigenvalue weighted by Crippen LogP contribution is -2.12. The van der Waals surface area contributed by atoms with E-state index in [1.54, 1.807) is 7.11 Å². The first-order chi connectivity index (χ1) is 11.7. The molecule has 0 saturated heterocycles. The van der Waals surface area contributed by atoms with Crippen LogP contribution in [-0.4, -0.2) is 26.2 Å². The number of methoxy groups -OCH3 is 1. The van der Waals surface area contributed by atoms with Crippen LogP contribution in [0, 0.1) is 0 Å². The summed E-state index contributed by atoms with van der Waals surface area (Å²) in [7, 11) is 1.64. The van der Waals surface area contributed by atoms with Crippen LogP contribution in [0.25, 0.3) is 0 Å². The molecule has 0 aromatic heterocycles. The van der Waals surface area contributed by atoms with E-state index in [2.05, 4.69) is 5.32 Å². The van der Waals surface area contributed by atoms with Crippen molar-refractivity contribution in [2.45, 2.75) is 19.3 Å². The number of anilines is 1. The Morgan fingerprint density at radius 3 is 2.58 bits per heavy atom. The molecule has 1 aliphatic heterocycles. The summed E-state index contributed by atoms with van der Waals surface area (Å²) in [6, 6.07) is 13.2. The van der Waals surface area contributed by atoms with Gasteiger partial charge in [0.25, 0.3) is 0 Å². The van der Waals surface area contributed by atoms with E-state index < -0.39 is 0 Å². The molecular formula is C19H21NO4. The summed E-state index contributed by atoms with van der Waals surface area (Å²) in [5.74, 6) is 2.19. The molecule has 5 heteroatoms. The van der Waals surface area contributed by atoms with Gasteiger partial charge in [0, 0.05) is 24.6 Å². The summed E-state index contributed by atoms with van der Waals surface area (Å²) in [5, 5.41) is 2.91. The topological polar surface area (TPSA) is 56.8 Å². The number of benzene rings is 2. The van der Waals surface area contributed by atoms with Crippen molar-refractivity contribution in [3.05, 3.63) is 48.0 Å². The highest BCUT2D eigenvalue weighted by Crippen LogP contribution is 2.32. The van der Waals surface area contributed by atoms with Gasteiger partial charge in [-0.3, -0.25) is 4.79 Å². The lowest BCUT2D eigenvalue weighted by molar-refractivity contribution is -0.116. The Labute approximate surface area is 141 Å². The fourth-order valence-electron chi connectivity index (χ4n) is 2.51. The molecule has 0 unspecified atom stereocenters. The van der Waals surface area contributed by atoms with Gasteiger partial charge in [-0.05, 0) is 36.2 Å². The van der Waals surface area contributed by atoms with Crippen molar-refractivity contribution in [1.82, 2.24) is 0 Å². The van der Waals surface area contributed by atoms with Gasteiger partial charge in [0.2, 0.25) is 5.91 Å². The third kappa shape index (κ3) is 4.19. The van der Waals surface area contributed by atoms with Gasteiger partial charge in [-0.2, -0.15) is 0 Å². The standard InChI is InChI=1S/C19H21NO4/c1-22-16-7-3-14(4-8-16)5-10-19(21)20-15-6-9-17-18(13-15)24-12-2-11-23-17/h3-4,6-9,13H,2,5,10-12H2,1H3,(H,20,21). The number of aryl methyl sites for hydroxylation is 1. The number of rotatable bonds is 5. The Morgan fingerprint density at radius 2 is 1.83 bits per heavy atom. The second kappa shape index (κ2) is 7.73. The lowest BCUT2D eigenvalue weighted by atomic mass is 10.1. The quantitative estimate of drug-likeness (QED) is 0.914. The Hall–Kier alpha value is -2.69. The van der Waals surface area contributed by atoms with E-state index in [1.165, 1.54) is 0 Å². The van der Waals surface area contributed by atoms with Crippen LogP contribution in [-0.2, 0) is 11.2 Å². The van der Waals surface area contributed by atoms with E-state index in [0.717, 1.165) is 29.2 Å². The van der Waals surface area contributed by atoms with Crippen LogP contribution >= 0.6 is 0 Å². The predicted octanol–water partition coefficient (Wildman–Crippen LogP) is 3.43. The molecule has 0 atom stereocenters. The number of fused-ring (bicyclic) bond motifs is 1. The summed E-state index contributed by atoms with van der Waals surface area (Å²) in [6.45, 7) is 1.28. The van der Waals surface area contributed by atoms with Gasteiger partial charge in [-0.25, -0.2) is 0 Å². The smallest absolute Gasteiger partial charge is 0.224 e. The van der Waals surface area contributed by atoms with Crippen molar-refractivity contribution in [3.8, 4) is 17.2 Å². The minimum absolute atomic E-state index is 0.0275. The zero-order valence-corrected chi connectivity index (χ0v) is 13.7. The third-order valence-electron chi connectivity index (χ3n) is 3.83. The largest absolute Gasteiger partial charge is 0.497 e. The molecule has 3 rings (SSSR count). The molecule has 0 spiro atoms. The van der Waals surface area contributed by atoms with Gasteiger partial charge < -0.3 is 19.5 Å². The minimum atomic E-state index is -0.0275. The Bertz CT molecular complexity index is 697.